The molecule has 0 unspecified atom stereocenters. The average Bonchev–Trinajstić information content (AvgIpc) is 3.00. The van der Waals surface area contributed by atoms with Gasteiger partial charge in [-0.1, -0.05) is 42.6 Å². The molecule has 4 atom stereocenters. The lowest BCUT2D eigenvalue weighted by Crippen LogP contribution is -2.56. The topological polar surface area (TPSA) is 57.1 Å². The highest BCUT2D eigenvalue weighted by Gasteiger charge is 2.57. The van der Waals surface area contributed by atoms with Crippen LogP contribution in [-0.2, 0) is 19.0 Å². The molecule has 31 heavy (non-hydrogen) atoms. The van der Waals surface area contributed by atoms with Crippen LogP contribution >= 0.6 is 0 Å². The van der Waals surface area contributed by atoms with Crippen molar-refractivity contribution in [3.63, 3.8) is 0 Å². The van der Waals surface area contributed by atoms with Gasteiger partial charge >= 0.3 is 5.97 Å². The Balaban J connectivity index is 1.98. The number of fused-ring (bicyclic) bond motifs is 1. The minimum absolute atomic E-state index is 0.00133. The summed E-state index contributed by atoms with van der Waals surface area (Å²) in [5.41, 5.74) is 1.67. The summed E-state index contributed by atoms with van der Waals surface area (Å²) in [6.07, 6.45) is 14.6. The first-order chi connectivity index (χ1) is 14.6. The Kier molecular flexibility index (Phi) is 7.80. The van der Waals surface area contributed by atoms with E-state index in [1.165, 1.54) is 37.3 Å². The number of hydrogen-bond donors (Lipinski definition) is 0. The fourth-order valence-corrected chi connectivity index (χ4v) is 5.44. The molecule has 0 aromatic heterocycles. The Morgan fingerprint density at radius 1 is 1.03 bits per heavy atom. The van der Waals surface area contributed by atoms with E-state index in [9.17, 15) is 4.79 Å². The van der Waals surface area contributed by atoms with Crippen LogP contribution in [0, 0.1) is 5.92 Å². The summed E-state index contributed by atoms with van der Waals surface area (Å²) in [5, 5.41) is 0. The first-order valence-electron chi connectivity index (χ1n) is 12.0. The molecular formula is C26H41NO4. The summed E-state index contributed by atoms with van der Waals surface area (Å²) < 4.78 is 18.8. The number of aliphatic imine (C=N–C) groups is 1. The van der Waals surface area contributed by atoms with E-state index in [-0.39, 0.29) is 24.1 Å². The van der Waals surface area contributed by atoms with Gasteiger partial charge < -0.3 is 14.2 Å². The summed E-state index contributed by atoms with van der Waals surface area (Å²) in [6.45, 7) is 11.8. The second kappa shape index (κ2) is 9.99. The van der Waals surface area contributed by atoms with Crippen LogP contribution in [0.5, 0.6) is 0 Å². The molecule has 0 aromatic rings. The van der Waals surface area contributed by atoms with Gasteiger partial charge in [0.2, 0.25) is 0 Å². The molecule has 0 aromatic carbocycles. The van der Waals surface area contributed by atoms with Gasteiger partial charge in [0.1, 0.15) is 0 Å². The number of carbonyl (C=O) groups excluding carboxylic acids is 1. The van der Waals surface area contributed by atoms with Crippen molar-refractivity contribution in [2.45, 2.75) is 123 Å². The molecule has 174 valence electrons. The Morgan fingerprint density at radius 2 is 1.74 bits per heavy atom. The van der Waals surface area contributed by atoms with E-state index < -0.39 is 11.4 Å². The maximum atomic E-state index is 12.3. The molecule has 3 rings (SSSR count). The summed E-state index contributed by atoms with van der Waals surface area (Å²) in [7, 11) is 0. The minimum Gasteiger partial charge on any atom is -0.453 e. The van der Waals surface area contributed by atoms with Crippen molar-refractivity contribution < 1.29 is 19.0 Å². The smallest absolute Gasteiger partial charge is 0.303 e. The van der Waals surface area contributed by atoms with Gasteiger partial charge in [-0.15, -0.1) is 0 Å². The Morgan fingerprint density at radius 3 is 2.39 bits per heavy atom. The van der Waals surface area contributed by atoms with E-state index in [4.69, 9.17) is 19.2 Å². The van der Waals surface area contributed by atoms with Crippen molar-refractivity contribution in [1.29, 1.82) is 0 Å². The highest BCUT2D eigenvalue weighted by molar-refractivity contribution is 5.77. The highest BCUT2D eigenvalue weighted by atomic mass is 16.8. The molecule has 0 radical (unpaired) electrons. The fraction of sp³-hybridized carbons (Fsp3) is 0.769. The van der Waals surface area contributed by atoms with Crippen molar-refractivity contribution in [3.05, 3.63) is 23.3 Å². The van der Waals surface area contributed by atoms with E-state index in [0.29, 0.717) is 12.5 Å². The predicted octanol–water partition coefficient (Wildman–Crippen LogP) is 5.92. The largest absolute Gasteiger partial charge is 0.453 e. The van der Waals surface area contributed by atoms with Crippen molar-refractivity contribution in [1.82, 2.24) is 0 Å². The van der Waals surface area contributed by atoms with Crippen LogP contribution in [0.25, 0.3) is 0 Å². The molecule has 0 amide bonds. The van der Waals surface area contributed by atoms with Gasteiger partial charge in [0, 0.05) is 19.2 Å². The van der Waals surface area contributed by atoms with Crippen LogP contribution in [0.4, 0.5) is 0 Å². The molecule has 5 nitrogen and oxygen atoms in total. The van der Waals surface area contributed by atoms with Crippen molar-refractivity contribution >= 4 is 12.2 Å². The summed E-state index contributed by atoms with van der Waals surface area (Å²) in [4.78, 5) is 17.3. The second-order valence-electron chi connectivity index (χ2n) is 10.2. The SMILES string of the molecule is CC(=O)O[C@]1(C=NC2CCCCC2)CC[C@H]2OC(C)(C)O[C@H]2[C@@H]1/C(C)=C/CC=C(C)C. The first kappa shape index (κ1) is 24.2. The third-order valence-electron chi connectivity index (χ3n) is 6.76. The standard InChI is InChI=1S/C26H41NO4/c1-18(2)11-10-12-19(3)23-24-22(30-25(5,6)31-24)15-16-26(23,29-20(4)28)17-27-21-13-8-7-9-14-21/h11-12,17,21-24H,7-10,13-16H2,1-6H3/b19-12+,27-17?/t22-,23+,24-,26+/m1/s1. The fourth-order valence-electron chi connectivity index (χ4n) is 5.44. The molecule has 0 N–H and O–H groups in total. The minimum atomic E-state index is -0.792. The summed E-state index contributed by atoms with van der Waals surface area (Å²) in [6, 6.07) is 0.326. The molecule has 1 saturated heterocycles. The maximum Gasteiger partial charge on any atom is 0.303 e. The van der Waals surface area contributed by atoms with Crippen molar-refractivity contribution in [3.8, 4) is 0 Å². The van der Waals surface area contributed by atoms with E-state index in [1.807, 2.05) is 20.1 Å². The second-order valence-corrected chi connectivity index (χ2v) is 10.2. The molecule has 0 spiro atoms. The van der Waals surface area contributed by atoms with E-state index in [1.54, 1.807) is 0 Å². The lowest BCUT2D eigenvalue weighted by molar-refractivity contribution is -0.165. The molecule has 1 heterocycles. The monoisotopic (exact) mass is 431 g/mol. The van der Waals surface area contributed by atoms with E-state index >= 15 is 0 Å². The molecule has 1 aliphatic heterocycles. The number of rotatable bonds is 6. The van der Waals surface area contributed by atoms with Crippen LogP contribution in [0.2, 0.25) is 0 Å². The van der Waals surface area contributed by atoms with E-state index in [0.717, 1.165) is 25.7 Å². The Hall–Kier alpha value is -1.46. The number of carbonyl (C=O) groups is 1. The Bertz CT molecular complexity index is 728. The molecule has 3 aliphatic rings. The van der Waals surface area contributed by atoms with Gasteiger partial charge in [0.25, 0.3) is 0 Å². The highest BCUT2D eigenvalue weighted by Crippen LogP contribution is 2.48. The molecule has 3 fully saturated rings. The normalized spacial score (nSPS) is 33.9. The van der Waals surface area contributed by atoms with Gasteiger partial charge in [-0.3, -0.25) is 9.79 Å². The quantitative estimate of drug-likeness (QED) is 0.297. The molecule has 2 aliphatic carbocycles. The molecule has 5 heteroatoms. The van der Waals surface area contributed by atoms with Crippen LogP contribution in [0.1, 0.15) is 92.9 Å². The van der Waals surface area contributed by atoms with Crippen LogP contribution in [-0.4, -0.2) is 41.8 Å². The zero-order valence-corrected chi connectivity index (χ0v) is 20.3. The van der Waals surface area contributed by atoms with Gasteiger partial charge in [-0.05, 0) is 66.7 Å². The predicted molar refractivity (Wildman–Crippen MR) is 124 cm³/mol. The molecule has 0 bridgehead atoms. The summed E-state index contributed by atoms with van der Waals surface area (Å²) in [5.74, 6) is -1.02. The maximum absolute atomic E-state index is 12.3. The Labute approximate surface area is 188 Å². The zero-order valence-electron chi connectivity index (χ0n) is 20.3. The van der Waals surface area contributed by atoms with Gasteiger partial charge in [-0.25, -0.2) is 0 Å². The van der Waals surface area contributed by atoms with Crippen molar-refractivity contribution in [2.75, 3.05) is 0 Å². The average molecular weight is 432 g/mol. The first-order valence-corrected chi connectivity index (χ1v) is 12.0. The third kappa shape index (κ3) is 6.07. The van der Waals surface area contributed by atoms with E-state index in [2.05, 4.69) is 32.9 Å². The van der Waals surface area contributed by atoms with Crippen LogP contribution < -0.4 is 0 Å². The van der Waals surface area contributed by atoms with Crippen LogP contribution in [0.15, 0.2) is 28.3 Å². The van der Waals surface area contributed by atoms with Crippen molar-refractivity contribution in [2.24, 2.45) is 10.9 Å². The number of nitrogens with zero attached hydrogens (tertiary/aromatic N) is 1. The molecular weight excluding hydrogens is 390 g/mol. The lowest BCUT2D eigenvalue weighted by atomic mass is 9.69. The summed E-state index contributed by atoms with van der Waals surface area (Å²) >= 11 is 0. The molecule has 2 saturated carbocycles. The lowest BCUT2D eigenvalue weighted by Gasteiger charge is -2.45. The van der Waals surface area contributed by atoms with Gasteiger partial charge in [-0.2, -0.15) is 0 Å². The zero-order chi connectivity index (χ0) is 22.6. The van der Waals surface area contributed by atoms with Gasteiger partial charge in [0.05, 0.1) is 18.1 Å². The third-order valence-corrected chi connectivity index (χ3v) is 6.76. The number of hydrogen-bond acceptors (Lipinski definition) is 5. The van der Waals surface area contributed by atoms with Gasteiger partial charge in [0.15, 0.2) is 11.4 Å². The number of ether oxygens (including phenoxy) is 3. The number of allylic oxidation sites excluding steroid dienone is 3. The van der Waals surface area contributed by atoms with Crippen LogP contribution in [0.3, 0.4) is 0 Å². The number of esters is 1.